The number of carboxylic acids is 2. The standard InChI is InChI=1S/C18H30N4O7/c1-4-9(2)14(19)16(26)21-11(8-13(23)24)15(25)20-10(3)17(27)22-7-5-6-12(22)18(28)29/h9-12,14H,4-8,19H2,1-3H3,(H,20,25)(H,21,26)(H,23,24)(H,28,29). The minimum Gasteiger partial charge on any atom is -0.481 e. The Morgan fingerprint density at radius 3 is 2.24 bits per heavy atom. The highest BCUT2D eigenvalue weighted by atomic mass is 16.4. The van der Waals surface area contributed by atoms with E-state index in [9.17, 15) is 29.1 Å². The zero-order valence-corrected chi connectivity index (χ0v) is 16.9. The summed E-state index contributed by atoms with van der Waals surface area (Å²) in [6, 6.07) is -4.37. The Hall–Kier alpha value is -2.69. The number of carbonyl (C=O) groups is 5. The molecule has 11 heteroatoms. The summed E-state index contributed by atoms with van der Waals surface area (Å²) < 4.78 is 0. The summed E-state index contributed by atoms with van der Waals surface area (Å²) in [6.07, 6.45) is 0.797. The van der Waals surface area contributed by atoms with Gasteiger partial charge in [-0.3, -0.25) is 19.2 Å². The van der Waals surface area contributed by atoms with Gasteiger partial charge in [-0.05, 0) is 25.7 Å². The van der Waals surface area contributed by atoms with Gasteiger partial charge in [0.1, 0.15) is 18.1 Å². The number of hydrogen-bond donors (Lipinski definition) is 5. The minimum absolute atomic E-state index is 0.174. The molecule has 0 aliphatic carbocycles. The summed E-state index contributed by atoms with van der Waals surface area (Å²) >= 11 is 0. The van der Waals surface area contributed by atoms with E-state index in [0.29, 0.717) is 19.3 Å². The lowest BCUT2D eigenvalue weighted by atomic mass is 9.99. The third-order valence-corrected chi connectivity index (χ3v) is 5.12. The number of likely N-dealkylation sites (tertiary alicyclic amines) is 1. The fourth-order valence-electron chi connectivity index (χ4n) is 3.08. The molecular weight excluding hydrogens is 384 g/mol. The molecule has 0 spiro atoms. The van der Waals surface area contributed by atoms with Crippen LogP contribution >= 0.6 is 0 Å². The summed E-state index contributed by atoms with van der Waals surface area (Å²) in [6.45, 7) is 5.23. The molecule has 1 fully saturated rings. The summed E-state index contributed by atoms with van der Waals surface area (Å²) in [5.74, 6) is -4.71. The zero-order valence-electron chi connectivity index (χ0n) is 16.9. The monoisotopic (exact) mass is 414 g/mol. The second kappa shape index (κ2) is 10.7. The number of carbonyl (C=O) groups excluding carboxylic acids is 3. The van der Waals surface area contributed by atoms with Crippen molar-refractivity contribution >= 4 is 29.7 Å². The first-order valence-corrected chi connectivity index (χ1v) is 9.60. The van der Waals surface area contributed by atoms with Gasteiger partial charge in [-0.1, -0.05) is 20.3 Å². The van der Waals surface area contributed by atoms with Crippen LogP contribution in [0.1, 0.15) is 46.5 Å². The van der Waals surface area contributed by atoms with Gasteiger partial charge in [0.15, 0.2) is 0 Å². The predicted octanol–water partition coefficient (Wildman–Crippen LogP) is -1.10. The van der Waals surface area contributed by atoms with Crippen molar-refractivity contribution < 1.29 is 34.2 Å². The first kappa shape index (κ1) is 24.3. The normalized spacial score (nSPS) is 20.3. The number of rotatable bonds is 10. The second-order valence-electron chi connectivity index (χ2n) is 7.33. The van der Waals surface area contributed by atoms with Crippen molar-refractivity contribution in [3.8, 4) is 0 Å². The average molecular weight is 414 g/mol. The van der Waals surface area contributed by atoms with Gasteiger partial charge in [0.25, 0.3) is 0 Å². The number of nitrogens with one attached hydrogen (secondary N) is 2. The van der Waals surface area contributed by atoms with Gasteiger partial charge in [0.2, 0.25) is 17.7 Å². The first-order valence-electron chi connectivity index (χ1n) is 9.60. The molecule has 0 aromatic rings. The number of nitrogens with two attached hydrogens (primary N) is 1. The van der Waals surface area contributed by atoms with E-state index in [0.717, 1.165) is 0 Å². The Labute approximate surface area is 169 Å². The van der Waals surface area contributed by atoms with E-state index in [4.69, 9.17) is 10.8 Å². The van der Waals surface area contributed by atoms with Gasteiger partial charge in [-0.2, -0.15) is 0 Å². The van der Waals surface area contributed by atoms with Crippen molar-refractivity contribution in [2.24, 2.45) is 11.7 Å². The van der Waals surface area contributed by atoms with Crippen LogP contribution in [0.4, 0.5) is 0 Å². The molecule has 3 amide bonds. The molecule has 6 N–H and O–H groups in total. The van der Waals surface area contributed by atoms with Gasteiger partial charge in [-0.25, -0.2) is 4.79 Å². The molecule has 1 aliphatic rings. The van der Waals surface area contributed by atoms with Gasteiger partial charge >= 0.3 is 11.9 Å². The van der Waals surface area contributed by atoms with Crippen molar-refractivity contribution in [1.29, 1.82) is 0 Å². The zero-order chi connectivity index (χ0) is 22.3. The highest BCUT2D eigenvalue weighted by Crippen LogP contribution is 2.18. The number of nitrogens with zero attached hydrogens (tertiary/aromatic N) is 1. The van der Waals surface area contributed by atoms with Crippen molar-refractivity contribution in [3.63, 3.8) is 0 Å². The van der Waals surface area contributed by atoms with Crippen molar-refractivity contribution in [2.45, 2.75) is 70.6 Å². The van der Waals surface area contributed by atoms with Gasteiger partial charge in [0.05, 0.1) is 12.5 Å². The van der Waals surface area contributed by atoms with Crippen LogP contribution < -0.4 is 16.4 Å². The SMILES string of the molecule is CCC(C)C(N)C(=O)NC(CC(=O)O)C(=O)NC(C)C(=O)N1CCCC1C(=O)O. The number of hydrogen-bond acceptors (Lipinski definition) is 6. The summed E-state index contributed by atoms with van der Waals surface area (Å²) in [5, 5.41) is 22.9. The molecule has 1 rings (SSSR count). The maximum Gasteiger partial charge on any atom is 0.326 e. The Kier molecular flexibility index (Phi) is 9.02. The largest absolute Gasteiger partial charge is 0.481 e. The van der Waals surface area contributed by atoms with E-state index in [1.165, 1.54) is 11.8 Å². The molecule has 0 aromatic heterocycles. The van der Waals surface area contributed by atoms with E-state index >= 15 is 0 Å². The van der Waals surface area contributed by atoms with Crippen molar-refractivity contribution in [2.75, 3.05) is 6.54 Å². The van der Waals surface area contributed by atoms with Crippen LogP contribution in [-0.4, -0.2) is 75.5 Å². The predicted molar refractivity (Wildman–Crippen MR) is 102 cm³/mol. The maximum absolute atomic E-state index is 12.5. The Bertz CT molecular complexity index is 654. The molecule has 5 unspecified atom stereocenters. The molecule has 5 atom stereocenters. The van der Waals surface area contributed by atoms with E-state index in [2.05, 4.69) is 10.6 Å². The van der Waals surface area contributed by atoms with E-state index in [1.807, 2.05) is 6.92 Å². The summed E-state index contributed by atoms with van der Waals surface area (Å²) in [5.41, 5.74) is 5.82. The fourth-order valence-corrected chi connectivity index (χ4v) is 3.08. The van der Waals surface area contributed by atoms with Crippen LogP contribution in [0.3, 0.4) is 0 Å². The van der Waals surface area contributed by atoms with Crippen LogP contribution in [0.5, 0.6) is 0 Å². The molecule has 0 radical (unpaired) electrons. The highest BCUT2D eigenvalue weighted by Gasteiger charge is 2.37. The summed E-state index contributed by atoms with van der Waals surface area (Å²) in [4.78, 5) is 60.8. The molecule has 164 valence electrons. The molecule has 11 nitrogen and oxygen atoms in total. The van der Waals surface area contributed by atoms with Crippen LogP contribution in [0, 0.1) is 5.92 Å². The van der Waals surface area contributed by atoms with Crippen molar-refractivity contribution in [1.82, 2.24) is 15.5 Å². The highest BCUT2D eigenvalue weighted by molar-refractivity contribution is 5.95. The summed E-state index contributed by atoms with van der Waals surface area (Å²) in [7, 11) is 0. The van der Waals surface area contributed by atoms with Crippen LogP contribution in [0.15, 0.2) is 0 Å². The van der Waals surface area contributed by atoms with E-state index in [-0.39, 0.29) is 12.5 Å². The Morgan fingerprint density at radius 2 is 1.72 bits per heavy atom. The van der Waals surface area contributed by atoms with E-state index in [1.54, 1.807) is 6.92 Å². The van der Waals surface area contributed by atoms with Crippen LogP contribution in [0.2, 0.25) is 0 Å². The molecule has 1 saturated heterocycles. The molecule has 1 heterocycles. The lowest BCUT2D eigenvalue weighted by Gasteiger charge is -2.27. The quantitative estimate of drug-likeness (QED) is 0.299. The van der Waals surface area contributed by atoms with Gasteiger partial charge in [-0.15, -0.1) is 0 Å². The first-order chi connectivity index (χ1) is 13.5. The molecule has 0 bridgehead atoms. The van der Waals surface area contributed by atoms with Crippen LogP contribution in [0.25, 0.3) is 0 Å². The maximum atomic E-state index is 12.5. The molecule has 0 saturated carbocycles. The number of amides is 3. The Morgan fingerprint density at radius 1 is 1.10 bits per heavy atom. The lowest BCUT2D eigenvalue weighted by Crippen LogP contribution is -2.57. The molecular formula is C18H30N4O7. The van der Waals surface area contributed by atoms with Crippen LogP contribution in [-0.2, 0) is 24.0 Å². The van der Waals surface area contributed by atoms with Gasteiger partial charge in [0, 0.05) is 6.54 Å². The molecule has 1 aliphatic heterocycles. The average Bonchev–Trinajstić information content (AvgIpc) is 3.14. The number of carboxylic acid groups (broad SMARTS) is 2. The third-order valence-electron chi connectivity index (χ3n) is 5.12. The molecule has 29 heavy (non-hydrogen) atoms. The third kappa shape index (κ3) is 6.70. The Balaban J connectivity index is 2.81. The lowest BCUT2D eigenvalue weighted by molar-refractivity contribution is -0.149. The minimum atomic E-state index is -1.42. The van der Waals surface area contributed by atoms with Gasteiger partial charge < -0.3 is 31.5 Å². The van der Waals surface area contributed by atoms with Crippen molar-refractivity contribution in [3.05, 3.63) is 0 Å². The van der Waals surface area contributed by atoms with E-state index < -0.39 is 60.2 Å². The molecule has 0 aromatic carbocycles. The second-order valence-corrected chi connectivity index (χ2v) is 7.33. The number of aliphatic carboxylic acids is 2. The topological polar surface area (TPSA) is 179 Å². The smallest absolute Gasteiger partial charge is 0.326 e. The fraction of sp³-hybridized carbons (Fsp3) is 0.722.